The van der Waals surface area contributed by atoms with Gasteiger partial charge in [-0.15, -0.1) is 0 Å². The Morgan fingerprint density at radius 3 is 1.33 bits per heavy atom. The van der Waals surface area contributed by atoms with Crippen molar-refractivity contribution < 1.29 is 4.79 Å². The molecule has 30 heavy (non-hydrogen) atoms. The van der Waals surface area contributed by atoms with Gasteiger partial charge in [-0.25, -0.2) is 0 Å². The van der Waals surface area contributed by atoms with E-state index in [-0.39, 0.29) is 5.78 Å². The molecular weight excluding hydrogens is 368 g/mol. The number of rotatable bonds is 4. The Morgan fingerprint density at radius 1 is 0.600 bits per heavy atom. The molecule has 2 heterocycles. The molecule has 0 aliphatic carbocycles. The summed E-state index contributed by atoms with van der Waals surface area (Å²) in [6.07, 6.45) is 6.91. The number of carbonyl (C=O) groups excluding carboxylic acids is 1. The monoisotopic (exact) mass is 392 g/mol. The highest BCUT2D eigenvalue weighted by atomic mass is 16.1. The van der Waals surface area contributed by atoms with Crippen molar-refractivity contribution in [2.24, 2.45) is 0 Å². The van der Waals surface area contributed by atoms with Crippen LogP contribution in [0.2, 0.25) is 0 Å². The van der Waals surface area contributed by atoms with E-state index in [4.69, 9.17) is 0 Å². The van der Waals surface area contributed by atoms with Crippen molar-refractivity contribution >= 4 is 5.78 Å². The molecule has 4 rings (SSSR count). The highest BCUT2D eigenvalue weighted by Crippen LogP contribution is 2.31. The van der Waals surface area contributed by atoms with Crippen LogP contribution >= 0.6 is 0 Å². The first-order valence-corrected chi connectivity index (χ1v) is 10.0. The molecule has 0 aliphatic rings. The van der Waals surface area contributed by atoms with Crippen LogP contribution < -0.4 is 0 Å². The maximum Gasteiger partial charge on any atom is 0.194 e. The Morgan fingerprint density at radius 2 is 0.967 bits per heavy atom. The van der Waals surface area contributed by atoms with Gasteiger partial charge in [0.15, 0.2) is 5.78 Å². The van der Waals surface area contributed by atoms with Crippen LogP contribution in [0.4, 0.5) is 0 Å². The summed E-state index contributed by atoms with van der Waals surface area (Å²) in [5, 5.41) is 0. The van der Waals surface area contributed by atoms with Crippen LogP contribution in [0.15, 0.2) is 73.3 Å². The van der Waals surface area contributed by atoms with Crippen molar-refractivity contribution in [1.29, 1.82) is 0 Å². The first kappa shape index (κ1) is 19.7. The van der Waals surface area contributed by atoms with Gasteiger partial charge >= 0.3 is 0 Å². The summed E-state index contributed by atoms with van der Waals surface area (Å²) < 4.78 is 0. The van der Waals surface area contributed by atoms with Crippen LogP contribution in [0.5, 0.6) is 0 Å². The maximum absolute atomic E-state index is 13.7. The maximum atomic E-state index is 13.7. The number of benzene rings is 2. The molecule has 0 amide bonds. The Bertz CT molecular complexity index is 1120. The van der Waals surface area contributed by atoms with E-state index >= 15 is 0 Å². The lowest BCUT2D eigenvalue weighted by molar-refractivity contribution is 0.103. The van der Waals surface area contributed by atoms with Crippen molar-refractivity contribution in [2.75, 3.05) is 0 Å². The van der Waals surface area contributed by atoms with Crippen molar-refractivity contribution in [3.05, 3.63) is 107 Å². The Kier molecular flexibility index (Phi) is 5.28. The molecule has 0 aliphatic heterocycles. The van der Waals surface area contributed by atoms with E-state index in [0.717, 1.165) is 44.5 Å². The van der Waals surface area contributed by atoms with Crippen LogP contribution in [-0.4, -0.2) is 15.8 Å². The van der Waals surface area contributed by atoms with E-state index in [9.17, 15) is 4.79 Å². The average molecular weight is 393 g/mol. The zero-order valence-corrected chi connectivity index (χ0v) is 17.7. The van der Waals surface area contributed by atoms with E-state index < -0.39 is 0 Å². The number of hydrogen-bond donors (Lipinski definition) is 0. The molecule has 0 saturated heterocycles. The lowest BCUT2D eigenvalue weighted by Gasteiger charge is -2.13. The Hall–Kier alpha value is -3.59. The van der Waals surface area contributed by atoms with Crippen molar-refractivity contribution in [3.8, 4) is 22.3 Å². The lowest BCUT2D eigenvalue weighted by Crippen LogP contribution is -2.06. The number of ketones is 1. The predicted molar refractivity (Wildman–Crippen MR) is 122 cm³/mol. The van der Waals surface area contributed by atoms with E-state index in [1.165, 1.54) is 0 Å². The van der Waals surface area contributed by atoms with Crippen LogP contribution in [0, 0.1) is 27.7 Å². The Labute approximate surface area is 177 Å². The summed E-state index contributed by atoms with van der Waals surface area (Å²) in [7, 11) is 0. The predicted octanol–water partition coefficient (Wildman–Crippen LogP) is 6.28. The van der Waals surface area contributed by atoms with Crippen LogP contribution in [0.3, 0.4) is 0 Å². The minimum absolute atomic E-state index is 0.0249. The standard InChI is InChI=1S/C27H24N2O/c1-17-9-18(2)12-21(11-17)25-15-28-7-5-23(25)27(30)24-6-8-29-16-26(24)22-13-19(3)10-20(4)14-22/h5-16H,1-4H3. The number of hydrogen-bond acceptors (Lipinski definition) is 3. The second-order valence-corrected chi connectivity index (χ2v) is 7.92. The number of nitrogens with zero attached hydrogens (tertiary/aromatic N) is 2. The molecule has 2 aromatic heterocycles. The SMILES string of the molecule is Cc1cc(C)cc(-c2cnccc2C(=O)c2ccncc2-c2cc(C)cc(C)c2)c1. The molecule has 3 nitrogen and oxygen atoms in total. The van der Waals surface area contributed by atoms with Crippen LogP contribution in [0.1, 0.15) is 38.2 Å². The van der Waals surface area contributed by atoms with E-state index in [1.807, 2.05) is 0 Å². The number of aromatic nitrogens is 2. The van der Waals surface area contributed by atoms with E-state index in [1.54, 1.807) is 36.9 Å². The zero-order valence-electron chi connectivity index (χ0n) is 17.7. The van der Waals surface area contributed by atoms with Gasteiger partial charge in [-0.2, -0.15) is 0 Å². The van der Waals surface area contributed by atoms with Crippen LogP contribution in [-0.2, 0) is 0 Å². The molecule has 0 bridgehead atoms. The largest absolute Gasteiger partial charge is 0.289 e. The van der Waals surface area contributed by atoms with Gasteiger partial charge in [-0.1, -0.05) is 58.7 Å². The highest BCUT2D eigenvalue weighted by Gasteiger charge is 2.19. The fraction of sp³-hybridized carbons (Fsp3) is 0.148. The highest BCUT2D eigenvalue weighted by molar-refractivity contribution is 6.15. The molecule has 4 aromatic rings. The second-order valence-electron chi connectivity index (χ2n) is 7.92. The minimum Gasteiger partial charge on any atom is -0.289 e. The molecule has 2 aromatic carbocycles. The number of carbonyl (C=O) groups is 1. The summed E-state index contributed by atoms with van der Waals surface area (Å²) in [6.45, 7) is 8.26. The molecule has 3 heteroatoms. The topological polar surface area (TPSA) is 42.9 Å². The summed E-state index contributed by atoms with van der Waals surface area (Å²) in [5.74, 6) is -0.0249. The molecule has 0 radical (unpaired) electrons. The Balaban J connectivity index is 1.86. The van der Waals surface area contributed by atoms with Gasteiger partial charge in [-0.3, -0.25) is 14.8 Å². The zero-order chi connectivity index (χ0) is 21.3. The van der Waals surface area contributed by atoms with Gasteiger partial charge in [0.1, 0.15) is 0 Å². The normalized spacial score (nSPS) is 10.8. The molecule has 148 valence electrons. The smallest absolute Gasteiger partial charge is 0.194 e. The first-order valence-electron chi connectivity index (χ1n) is 10.0. The molecule has 0 spiro atoms. The fourth-order valence-corrected chi connectivity index (χ4v) is 4.05. The minimum atomic E-state index is -0.0249. The number of pyridine rings is 2. The average Bonchev–Trinajstić information content (AvgIpc) is 2.72. The molecule has 0 N–H and O–H groups in total. The molecule has 0 unspecified atom stereocenters. The molecule has 0 fully saturated rings. The fourth-order valence-electron chi connectivity index (χ4n) is 4.05. The summed E-state index contributed by atoms with van der Waals surface area (Å²) in [4.78, 5) is 22.3. The number of aryl methyl sites for hydroxylation is 4. The molecule has 0 saturated carbocycles. The molecule has 0 atom stereocenters. The molecular formula is C27H24N2O. The van der Waals surface area contributed by atoms with Gasteiger partial charge in [0.05, 0.1) is 0 Å². The summed E-state index contributed by atoms with van der Waals surface area (Å²) >= 11 is 0. The van der Waals surface area contributed by atoms with Gasteiger partial charge in [0, 0.05) is 47.0 Å². The van der Waals surface area contributed by atoms with Gasteiger partial charge in [-0.05, 0) is 51.0 Å². The third-order valence-corrected chi connectivity index (χ3v) is 5.20. The van der Waals surface area contributed by atoms with Gasteiger partial charge in [0.25, 0.3) is 0 Å². The van der Waals surface area contributed by atoms with E-state index in [0.29, 0.717) is 11.1 Å². The third kappa shape index (κ3) is 3.92. The van der Waals surface area contributed by atoms with Crippen molar-refractivity contribution in [1.82, 2.24) is 9.97 Å². The van der Waals surface area contributed by atoms with Crippen molar-refractivity contribution in [2.45, 2.75) is 27.7 Å². The second kappa shape index (κ2) is 8.03. The van der Waals surface area contributed by atoms with E-state index in [2.05, 4.69) is 74.1 Å². The van der Waals surface area contributed by atoms with Crippen LogP contribution in [0.25, 0.3) is 22.3 Å². The lowest BCUT2D eigenvalue weighted by atomic mass is 9.90. The third-order valence-electron chi connectivity index (χ3n) is 5.20. The first-order chi connectivity index (χ1) is 14.4. The van der Waals surface area contributed by atoms with Crippen molar-refractivity contribution in [3.63, 3.8) is 0 Å². The quantitative estimate of drug-likeness (QED) is 0.384. The summed E-state index contributed by atoms with van der Waals surface area (Å²) in [6, 6.07) is 16.2. The summed E-state index contributed by atoms with van der Waals surface area (Å²) in [5.41, 5.74) is 9.63. The van der Waals surface area contributed by atoms with Gasteiger partial charge in [0.2, 0.25) is 0 Å². The van der Waals surface area contributed by atoms with Gasteiger partial charge < -0.3 is 0 Å².